The molecule has 0 aliphatic rings. The molecule has 0 unspecified atom stereocenters. The van der Waals surface area contributed by atoms with Crippen molar-refractivity contribution in [3.05, 3.63) is 54.2 Å². The van der Waals surface area contributed by atoms with Crippen molar-refractivity contribution in [1.82, 2.24) is 15.1 Å². The van der Waals surface area contributed by atoms with Crippen molar-refractivity contribution < 1.29 is 14.1 Å². The SMILES string of the molecule is CCOc1ccc(NC(=O)c2cc(Nc3cc(C)on3)ncn2)cc1. The highest BCUT2D eigenvalue weighted by Crippen LogP contribution is 2.17. The Bertz CT molecular complexity index is 861. The van der Waals surface area contributed by atoms with Crippen LogP contribution in [0, 0.1) is 6.92 Å². The number of amides is 1. The van der Waals surface area contributed by atoms with Gasteiger partial charge in [0.2, 0.25) is 0 Å². The van der Waals surface area contributed by atoms with Gasteiger partial charge in [0, 0.05) is 17.8 Å². The molecule has 8 heteroatoms. The number of rotatable bonds is 6. The predicted octanol–water partition coefficient (Wildman–Crippen LogP) is 3.17. The summed E-state index contributed by atoms with van der Waals surface area (Å²) in [5.41, 5.74) is 0.875. The zero-order valence-electron chi connectivity index (χ0n) is 13.8. The summed E-state index contributed by atoms with van der Waals surface area (Å²) in [6, 6.07) is 10.4. The van der Waals surface area contributed by atoms with Gasteiger partial charge in [-0.1, -0.05) is 5.16 Å². The third-order valence-electron chi connectivity index (χ3n) is 3.21. The summed E-state index contributed by atoms with van der Waals surface area (Å²) >= 11 is 0. The first-order valence-corrected chi connectivity index (χ1v) is 7.70. The molecule has 1 aromatic carbocycles. The van der Waals surface area contributed by atoms with Crippen LogP contribution in [0.25, 0.3) is 0 Å². The topological polar surface area (TPSA) is 102 Å². The minimum absolute atomic E-state index is 0.228. The van der Waals surface area contributed by atoms with Crippen LogP contribution in [0.5, 0.6) is 5.75 Å². The molecule has 1 amide bonds. The number of benzene rings is 1. The van der Waals surface area contributed by atoms with E-state index in [1.165, 1.54) is 12.4 Å². The molecule has 128 valence electrons. The van der Waals surface area contributed by atoms with Crippen molar-refractivity contribution in [2.24, 2.45) is 0 Å². The van der Waals surface area contributed by atoms with Crippen molar-refractivity contribution >= 4 is 23.2 Å². The monoisotopic (exact) mass is 339 g/mol. The molecule has 2 N–H and O–H groups in total. The van der Waals surface area contributed by atoms with E-state index in [0.29, 0.717) is 29.7 Å². The first kappa shape index (κ1) is 16.4. The van der Waals surface area contributed by atoms with Gasteiger partial charge in [0.05, 0.1) is 6.61 Å². The van der Waals surface area contributed by atoms with Gasteiger partial charge in [0.25, 0.3) is 5.91 Å². The Morgan fingerprint density at radius 3 is 2.64 bits per heavy atom. The highest BCUT2D eigenvalue weighted by Gasteiger charge is 2.10. The Morgan fingerprint density at radius 1 is 1.16 bits per heavy atom. The van der Waals surface area contributed by atoms with Gasteiger partial charge in [0.1, 0.15) is 29.3 Å². The zero-order chi connectivity index (χ0) is 17.6. The summed E-state index contributed by atoms with van der Waals surface area (Å²) in [7, 11) is 0. The van der Waals surface area contributed by atoms with Crippen LogP contribution in [0.2, 0.25) is 0 Å². The summed E-state index contributed by atoms with van der Waals surface area (Å²) in [6.07, 6.45) is 1.31. The number of hydrogen-bond donors (Lipinski definition) is 2. The lowest BCUT2D eigenvalue weighted by Crippen LogP contribution is -2.14. The van der Waals surface area contributed by atoms with E-state index < -0.39 is 0 Å². The Hall–Kier alpha value is -3.42. The maximum Gasteiger partial charge on any atom is 0.274 e. The molecule has 0 aliphatic heterocycles. The van der Waals surface area contributed by atoms with E-state index in [2.05, 4.69) is 25.8 Å². The van der Waals surface area contributed by atoms with Gasteiger partial charge < -0.3 is 19.9 Å². The van der Waals surface area contributed by atoms with Crippen molar-refractivity contribution in [2.75, 3.05) is 17.2 Å². The van der Waals surface area contributed by atoms with Gasteiger partial charge in [-0.3, -0.25) is 4.79 Å². The third-order valence-corrected chi connectivity index (χ3v) is 3.21. The van der Waals surface area contributed by atoms with E-state index in [4.69, 9.17) is 9.26 Å². The van der Waals surface area contributed by atoms with Crippen LogP contribution in [-0.4, -0.2) is 27.6 Å². The molecule has 0 fully saturated rings. The lowest BCUT2D eigenvalue weighted by atomic mass is 10.3. The normalized spacial score (nSPS) is 10.3. The number of hydrogen-bond acceptors (Lipinski definition) is 7. The van der Waals surface area contributed by atoms with Gasteiger partial charge in [-0.25, -0.2) is 9.97 Å². The predicted molar refractivity (Wildman–Crippen MR) is 92.1 cm³/mol. The number of anilines is 3. The Balaban J connectivity index is 1.68. The van der Waals surface area contributed by atoms with E-state index in [1.807, 2.05) is 6.92 Å². The van der Waals surface area contributed by atoms with E-state index >= 15 is 0 Å². The molecule has 0 atom stereocenters. The Kier molecular flexibility index (Phi) is 4.89. The van der Waals surface area contributed by atoms with Crippen LogP contribution in [0.3, 0.4) is 0 Å². The number of carbonyl (C=O) groups excluding carboxylic acids is 1. The Labute approximate surface area is 144 Å². The number of nitrogens with zero attached hydrogens (tertiary/aromatic N) is 3. The fourth-order valence-corrected chi connectivity index (χ4v) is 2.10. The molecule has 0 radical (unpaired) electrons. The van der Waals surface area contributed by atoms with Crippen molar-refractivity contribution in [1.29, 1.82) is 0 Å². The molecule has 3 aromatic rings. The summed E-state index contributed by atoms with van der Waals surface area (Å²) in [4.78, 5) is 20.4. The minimum Gasteiger partial charge on any atom is -0.494 e. The smallest absolute Gasteiger partial charge is 0.274 e. The van der Waals surface area contributed by atoms with Crippen molar-refractivity contribution in [3.8, 4) is 5.75 Å². The van der Waals surface area contributed by atoms with Crippen LogP contribution in [0.1, 0.15) is 23.2 Å². The van der Waals surface area contributed by atoms with Gasteiger partial charge in [0.15, 0.2) is 5.82 Å². The first-order chi connectivity index (χ1) is 12.1. The molecular formula is C17H17N5O3. The molecule has 0 saturated heterocycles. The molecule has 0 aliphatic carbocycles. The highest BCUT2D eigenvalue weighted by atomic mass is 16.5. The average molecular weight is 339 g/mol. The Morgan fingerprint density at radius 2 is 1.96 bits per heavy atom. The maximum absolute atomic E-state index is 12.3. The van der Waals surface area contributed by atoms with E-state index in [0.717, 1.165) is 5.75 Å². The number of nitrogens with one attached hydrogen (secondary N) is 2. The quantitative estimate of drug-likeness (QED) is 0.711. The van der Waals surface area contributed by atoms with Crippen molar-refractivity contribution in [2.45, 2.75) is 13.8 Å². The van der Waals surface area contributed by atoms with Crippen molar-refractivity contribution in [3.63, 3.8) is 0 Å². The van der Waals surface area contributed by atoms with Gasteiger partial charge >= 0.3 is 0 Å². The van der Waals surface area contributed by atoms with E-state index in [1.54, 1.807) is 37.3 Å². The molecule has 2 heterocycles. The van der Waals surface area contributed by atoms with E-state index in [-0.39, 0.29) is 11.6 Å². The van der Waals surface area contributed by atoms with Crippen LogP contribution in [-0.2, 0) is 0 Å². The fraction of sp³-hybridized carbons (Fsp3) is 0.176. The van der Waals surface area contributed by atoms with Crippen LogP contribution < -0.4 is 15.4 Å². The summed E-state index contributed by atoms with van der Waals surface area (Å²) in [5, 5.41) is 9.55. The number of aryl methyl sites for hydroxylation is 1. The number of aromatic nitrogens is 3. The largest absolute Gasteiger partial charge is 0.494 e. The molecule has 0 saturated carbocycles. The van der Waals surface area contributed by atoms with E-state index in [9.17, 15) is 4.79 Å². The molecular weight excluding hydrogens is 322 g/mol. The maximum atomic E-state index is 12.3. The van der Waals surface area contributed by atoms with Gasteiger partial charge in [-0.2, -0.15) is 0 Å². The van der Waals surface area contributed by atoms with Crippen LogP contribution >= 0.6 is 0 Å². The second-order valence-corrected chi connectivity index (χ2v) is 5.15. The van der Waals surface area contributed by atoms with Gasteiger partial charge in [-0.15, -0.1) is 0 Å². The molecule has 0 bridgehead atoms. The summed E-state index contributed by atoms with van der Waals surface area (Å²) in [5.74, 6) is 2.03. The van der Waals surface area contributed by atoms with Gasteiger partial charge in [-0.05, 0) is 38.1 Å². The lowest BCUT2D eigenvalue weighted by Gasteiger charge is -2.07. The first-order valence-electron chi connectivity index (χ1n) is 7.70. The highest BCUT2D eigenvalue weighted by molar-refractivity contribution is 6.03. The number of carbonyl (C=O) groups is 1. The summed E-state index contributed by atoms with van der Waals surface area (Å²) in [6.45, 7) is 4.29. The van der Waals surface area contributed by atoms with Crippen LogP contribution in [0.4, 0.5) is 17.3 Å². The average Bonchev–Trinajstić information content (AvgIpc) is 3.02. The third kappa shape index (κ3) is 4.31. The van der Waals surface area contributed by atoms with Crippen LogP contribution in [0.15, 0.2) is 47.2 Å². The molecule has 0 spiro atoms. The standard InChI is InChI=1S/C17H17N5O3/c1-3-24-13-6-4-12(5-7-13)20-17(23)14-9-15(19-10-18-14)21-16-8-11(2)25-22-16/h4-10H,3H2,1-2H3,(H,20,23)(H,18,19,21,22). The summed E-state index contributed by atoms with van der Waals surface area (Å²) < 4.78 is 10.3. The number of ether oxygens (including phenoxy) is 1. The fourth-order valence-electron chi connectivity index (χ4n) is 2.10. The molecule has 8 nitrogen and oxygen atoms in total. The lowest BCUT2D eigenvalue weighted by molar-refractivity contribution is 0.102. The zero-order valence-corrected chi connectivity index (χ0v) is 13.8. The molecule has 25 heavy (non-hydrogen) atoms. The minimum atomic E-state index is -0.342. The molecule has 2 aromatic heterocycles. The second kappa shape index (κ2) is 7.43. The second-order valence-electron chi connectivity index (χ2n) is 5.15. The molecule has 3 rings (SSSR count).